The number of ether oxygens (including phenoxy) is 3. The molecule has 1 amide bonds. The van der Waals surface area contributed by atoms with E-state index in [9.17, 15) is 4.79 Å². The summed E-state index contributed by atoms with van der Waals surface area (Å²) in [6.07, 6.45) is 3.94. The van der Waals surface area contributed by atoms with Gasteiger partial charge in [-0.25, -0.2) is 0 Å². The summed E-state index contributed by atoms with van der Waals surface area (Å²) in [5.74, 6) is 0.115. The summed E-state index contributed by atoms with van der Waals surface area (Å²) in [7, 11) is 1.67. The van der Waals surface area contributed by atoms with E-state index in [1.165, 1.54) is 0 Å². The molecule has 150 valence electrons. The van der Waals surface area contributed by atoms with Gasteiger partial charge in [0.2, 0.25) is 0 Å². The van der Waals surface area contributed by atoms with E-state index in [1.54, 1.807) is 7.11 Å². The molecule has 0 radical (unpaired) electrons. The molecule has 2 saturated heterocycles. The van der Waals surface area contributed by atoms with E-state index in [4.69, 9.17) is 19.3 Å². The smallest absolute Gasteiger partial charge is 0.272 e. The number of carbonyl (C=O) groups excluding carboxylic acids is 1. The van der Waals surface area contributed by atoms with Crippen molar-refractivity contribution in [3.8, 4) is 0 Å². The second-order valence-electron chi connectivity index (χ2n) is 8.31. The van der Waals surface area contributed by atoms with Gasteiger partial charge in [0.05, 0.1) is 31.1 Å². The lowest BCUT2D eigenvalue weighted by molar-refractivity contribution is -0.00722. The number of fused-ring (bicyclic) bond motifs is 1. The molecule has 0 unspecified atom stereocenters. The van der Waals surface area contributed by atoms with E-state index in [-0.39, 0.29) is 23.5 Å². The zero-order chi connectivity index (χ0) is 19.0. The van der Waals surface area contributed by atoms with E-state index >= 15 is 0 Å². The molecule has 7 heteroatoms. The lowest BCUT2D eigenvalue weighted by atomic mass is 9.80. The molecule has 0 aliphatic carbocycles. The van der Waals surface area contributed by atoms with E-state index in [0.717, 1.165) is 68.9 Å². The van der Waals surface area contributed by atoms with Gasteiger partial charge < -0.3 is 19.1 Å². The molecule has 3 aliphatic heterocycles. The second-order valence-corrected chi connectivity index (χ2v) is 8.31. The largest absolute Gasteiger partial charge is 0.383 e. The van der Waals surface area contributed by atoms with Crippen LogP contribution in [0.15, 0.2) is 0 Å². The molecule has 1 spiro atoms. The fourth-order valence-corrected chi connectivity index (χ4v) is 4.84. The van der Waals surface area contributed by atoms with Crippen molar-refractivity contribution in [1.29, 1.82) is 0 Å². The van der Waals surface area contributed by atoms with Crippen LogP contribution in [0.3, 0.4) is 0 Å². The Balaban J connectivity index is 1.62. The van der Waals surface area contributed by atoms with Crippen LogP contribution in [0.1, 0.15) is 61.0 Å². The van der Waals surface area contributed by atoms with Crippen molar-refractivity contribution in [2.75, 3.05) is 40.0 Å². The van der Waals surface area contributed by atoms with Crippen LogP contribution in [-0.4, -0.2) is 66.7 Å². The molecule has 7 nitrogen and oxygen atoms in total. The molecule has 4 heterocycles. The van der Waals surface area contributed by atoms with Crippen LogP contribution in [0.5, 0.6) is 0 Å². The Morgan fingerprint density at radius 2 is 2.07 bits per heavy atom. The summed E-state index contributed by atoms with van der Waals surface area (Å²) in [5, 5.41) is 4.74. The van der Waals surface area contributed by atoms with Gasteiger partial charge in [-0.15, -0.1) is 0 Å². The standard InChI is InChI=1S/C20H31N3O4/c1-14-12-16-17(15(2)27-14)21-23(8-11-25-3)18(16)19(24)22-7-4-20(13-22)5-9-26-10-6-20/h14-15H,4-13H2,1-3H3/t14-,15+/m0/s1. The minimum absolute atomic E-state index is 0.0838. The predicted octanol–water partition coefficient (Wildman–Crippen LogP) is 2.19. The number of amides is 1. The Morgan fingerprint density at radius 1 is 1.30 bits per heavy atom. The Morgan fingerprint density at radius 3 is 2.81 bits per heavy atom. The third-order valence-corrected chi connectivity index (χ3v) is 6.38. The van der Waals surface area contributed by atoms with Crippen molar-refractivity contribution in [1.82, 2.24) is 14.7 Å². The van der Waals surface area contributed by atoms with E-state index < -0.39 is 0 Å². The normalized spacial score (nSPS) is 27.1. The highest BCUT2D eigenvalue weighted by atomic mass is 16.5. The highest BCUT2D eigenvalue weighted by Crippen LogP contribution is 2.41. The molecule has 3 aliphatic rings. The molecule has 0 N–H and O–H groups in total. The van der Waals surface area contributed by atoms with Gasteiger partial charge in [-0.2, -0.15) is 5.10 Å². The summed E-state index contributed by atoms with van der Waals surface area (Å²) in [5.41, 5.74) is 2.96. The number of hydrogen-bond donors (Lipinski definition) is 0. The Labute approximate surface area is 160 Å². The van der Waals surface area contributed by atoms with E-state index in [2.05, 4.69) is 6.92 Å². The van der Waals surface area contributed by atoms with Gasteiger partial charge in [-0.05, 0) is 38.5 Å². The topological polar surface area (TPSA) is 65.8 Å². The van der Waals surface area contributed by atoms with Crippen LogP contribution in [0, 0.1) is 5.41 Å². The van der Waals surface area contributed by atoms with Crippen molar-refractivity contribution in [2.24, 2.45) is 5.41 Å². The molecule has 27 heavy (non-hydrogen) atoms. The van der Waals surface area contributed by atoms with Gasteiger partial charge in [0.15, 0.2) is 0 Å². The van der Waals surface area contributed by atoms with Crippen molar-refractivity contribution < 1.29 is 19.0 Å². The van der Waals surface area contributed by atoms with Gasteiger partial charge in [0.25, 0.3) is 5.91 Å². The molecule has 1 aromatic heterocycles. The lowest BCUT2D eigenvalue weighted by Gasteiger charge is -2.33. The number of methoxy groups -OCH3 is 1. The molecule has 4 rings (SSSR count). The summed E-state index contributed by atoms with van der Waals surface area (Å²) < 4.78 is 18.6. The van der Waals surface area contributed by atoms with Crippen LogP contribution in [0.25, 0.3) is 0 Å². The summed E-state index contributed by atoms with van der Waals surface area (Å²) >= 11 is 0. The van der Waals surface area contributed by atoms with Gasteiger partial charge in [0.1, 0.15) is 5.69 Å². The Hall–Kier alpha value is -1.44. The molecule has 1 aromatic rings. The molecule has 2 fully saturated rings. The highest BCUT2D eigenvalue weighted by molar-refractivity contribution is 5.94. The van der Waals surface area contributed by atoms with Gasteiger partial charge in [0, 0.05) is 45.4 Å². The minimum Gasteiger partial charge on any atom is -0.383 e. The zero-order valence-electron chi connectivity index (χ0n) is 16.7. The van der Waals surface area contributed by atoms with Crippen LogP contribution in [0.4, 0.5) is 0 Å². The maximum Gasteiger partial charge on any atom is 0.272 e. The first-order valence-electron chi connectivity index (χ1n) is 10.1. The van der Waals surface area contributed by atoms with E-state index in [0.29, 0.717) is 13.2 Å². The average molecular weight is 377 g/mol. The van der Waals surface area contributed by atoms with Crippen LogP contribution in [-0.2, 0) is 27.2 Å². The number of aromatic nitrogens is 2. The fourth-order valence-electron chi connectivity index (χ4n) is 4.84. The summed E-state index contributed by atoms with van der Waals surface area (Å²) in [4.78, 5) is 15.6. The Kier molecular flexibility index (Phi) is 5.27. The van der Waals surface area contributed by atoms with Gasteiger partial charge in [-0.1, -0.05) is 0 Å². The number of rotatable bonds is 4. The Bertz CT molecular complexity index is 696. The molecular weight excluding hydrogens is 346 g/mol. The minimum atomic E-state index is -0.0838. The van der Waals surface area contributed by atoms with Crippen molar-refractivity contribution in [2.45, 2.75) is 58.3 Å². The zero-order valence-corrected chi connectivity index (χ0v) is 16.7. The van der Waals surface area contributed by atoms with Crippen molar-refractivity contribution in [3.63, 3.8) is 0 Å². The summed E-state index contributed by atoms with van der Waals surface area (Å²) in [6, 6.07) is 0. The van der Waals surface area contributed by atoms with Gasteiger partial charge >= 0.3 is 0 Å². The first-order chi connectivity index (χ1) is 13.0. The van der Waals surface area contributed by atoms with Crippen LogP contribution < -0.4 is 0 Å². The van der Waals surface area contributed by atoms with Crippen molar-refractivity contribution >= 4 is 5.91 Å². The number of likely N-dealkylation sites (tertiary alicyclic amines) is 1. The number of carbonyl (C=O) groups is 1. The third kappa shape index (κ3) is 3.52. The van der Waals surface area contributed by atoms with Crippen molar-refractivity contribution in [3.05, 3.63) is 17.0 Å². The molecule has 2 atom stereocenters. The maximum atomic E-state index is 13.6. The molecule has 0 bridgehead atoms. The number of nitrogens with zero attached hydrogens (tertiary/aromatic N) is 3. The predicted molar refractivity (Wildman–Crippen MR) is 99.8 cm³/mol. The van der Waals surface area contributed by atoms with Crippen LogP contribution >= 0.6 is 0 Å². The highest BCUT2D eigenvalue weighted by Gasteiger charge is 2.43. The maximum absolute atomic E-state index is 13.6. The van der Waals surface area contributed by atoms with Gasteiger partial charge in [-0.3, -0.25) is 9.48 Å². The first kappa shape index (κ1) is 18.9. The SMILES string of the molecule is COCCn1nc2c(c1C(=O)N1CCC3(CCOCC3)C1)C[C@H](C)O[C@@H]2C. The summed E-state index contributed by atoms with van der Waals surface area (Å²) in [6.45, 7) is 8.48. The monoisotopic (exact) mass is 377 g/mol. The average Bonchev–Trinajstić information content (AvgIpc) is 3.22. The lowest BCUT2D eigenvalue weighted by Crippen LogP contribution is -2.37. The molecule has 0 aromatic carbocycles. The second kappa shape index (κ2) is 7.53. The fraction of sp³-hybridized carbons (Fsp3) is 0.800. The number of hydrogen-bond acceptors (Lipinski definition) is 5. The first-order valence-corrected chi connectivity index (χ1v) is 10.1. The molecular formula is C20H31N3O4. The quantitative estimate of drug-likeness (QED) is 0.805. The third-order valence-electron chi connectivity index (χ3n) is 6.38. The van der Waals surface area contributed by atoms with E-state index in [1.807, 2.05) is 16.5 Å². The van der Waals surface area contributed by atoms with Crippen LogP contribution in [0.2, 0.25) is 0 Å². The molecule has 0 saturated carbocycles.